The van der Waals surface area contributed by atoms with Gasteiger partial charge in [-0.1, -0.05) is 6.92 Å². The lowest BCUT2D eigenvalue weighted by atomic mass is 10.2. The molecule has 0 spiro atoms. The predicted molar refractivity (Wildman–Crippen MR) is 57.1 cm³/mol. The second-order valence-electron chi connectivity index (χ2n) is 2.42. The molecule has 0 amide bonds. The fourth-order valence-electron chi connectivity index (χ4n) is 0.949. The molecule has 0 aliphatic rings. The summed E-state index contributed by atoms with van der Waals surface area (Å²) in [5.41, 5.74) is 0.254. The van der Waals surface area contributed by atoms with Gasteiger partial charge >= 0.3 is 5.97 Å². The number of hydrogen-bond acceptors (Lipinski definition) is 3. The van der Waals surface area contributed by atoms with Crippen LogP contribution in [0.5, 0.6) is 0 Å². The summed E-state index contributed by atoms with van der Waals surface area (Å²) in [5, 5.41) is 8.73. The minimum Gasteiger partial charge on any atom is -0.478 e. The van der Waals surface area contributed by atoms with Crippen molar-refractivity contribution in [2.75, 3.05) is 5.75 Å². The first-order valence-corrected chi connectivity index (χ1v) is 5.27. The lowest BCUT2D eigenvalue weighted by Crippen LogP contribution is -1.97. The van der Waals surface area contributed by atoms with Crippen LogP contribution in [0.15, 0.2) is 28.0 Å². The van der Waals surface area contributed by atoms with Gasteiger partial charge in [-0.3, -0.25) is 0 Å². The van der Waals surface area contributed by atoms with E-state index in [1.54, 1.807) is 30.0 Å². The lowest BCUT2D eigenvalue weighted by Gasteiger charge is -2.02. The van der Waals surface area contributed by atoms with Crippen molar-refractivity contribution in [3.8, 4) is 0 Å². The topological polar surface area (TPSA) is 37.3 Å². The molecule has 1 aromatic rings. The minimum atomic E-state index is -0.932. The zero-order chi connectivity index (χ0) is 9.84. The molecule has 0 aromatic heterocycles. The maximum Gasteiger partial charge on any atom is 0.336 e. The number of benzene rings is 1. The Labute approximate surface area is 86.8 Å². The van der Waals surface area contributed by atoms with Crippen LogP contribution in [0.3, 0.4) is 0 Å². The quantitative estimate of drug-likeness (QED) is 0.600. The first-order valence-electron chi connectivity index (χ1n) is 3.84. The Hall–Kier alpha value is -0.610. The van der Waals surface area contributed by atoms with Crippen LogP contribution in [0.4, 0.5) is 0 Å². The molecule has 0 atom stereocenters. The van der Waals surface area contributed by atoms with Gasteiger partial charge in [0.25, 0.3) is 0 Å². The Morgan fingerprint density at radius 2 is 2.31 bits per heavy atom. The van der Waals surface area contributed by atoms with Crippen LogP contribution in [-0.4, -0.2) is 16.8 Å². The molecule has 70 valence electrons. The summed E-state index contributed by atoms with van der Waals surface area (Å²) in [6.45, 7) is 2.05. The largest absolute Gasteiger partial charge is 0.478 e. The number of carboxylic acid groups (broad SMARTS) is 1. The van der Waals surface area contributed by atoms with Gasteiger partial charge in [0.15, 0.2) is 0 Å². The van der Waals surface area contributed by atoms with Crippen LogP contribution in [0.25, 0.3) is 0 Å². The number of carboxylic acids is 1. The van der Waals surface area contributed by atoms with Crippen molar-refractivity contribution in [1.82, 2.24) is 0 Å². The van der Waals surface area contributed by atoms with E-state index < -0.39 is 5.97 Å². The third-order valence-electron chi connectivity index (χ3n) is 1.51. The summed E-state index contributed by atoms with van der Waals surface area (Å²) in [4.78, 5) is 12.2. The number of thiol groups is 1. The fraction of sp³-hybridized carbons (Fsp3) is 0.222. The van der Waals surface area contributed by atoms with E-state index >= 15 is 0 Å². The Morgan fingerprint density at radius 1 is 1.62 bits per heavy atom. The maximum absolute atomic E-state index is 10.6. The number of aromatic carboxylic acids is 1. The van der Waals surface area contributed by atoms with Gasteiger partial charge < -0.3 is 5.11 Å². The molecule has 2 nitrogen and oxygen atoms in total. The van der Waals surface area contributed by atoms with Crippen molar-refractivity contribution >= 4 is 30.4 Å². The fourth-order valence-corrected chi connectivity index (χ4v) is 2.04. The SMILES string of the molecule is CCSc1ccc(C(=O)O)c(S)c1. The van der Waals surface area contributed by atoms with Gasteiger partial charge in [-0.25, -0.2) is 4.79 Å². The van der Waals surface area contributed by atoms with Crippen molar-refractivity contribution in [3.05, 3.63) is 23.8 Å². The number of rotatable bonds is 3. The van der Waals surface area contributed by atoms with Crippen molar-refractivity contribution < 1.29 is 9.90 Å². The molecule has 0 unspecified atom stereocenters. The number of carbonyl (C=O) groups is 1. The van der Waals surface area contributed by atoms with E-state index in [4.69, 9.17) is 5.11 Å². The zero-order valence-corrected chi connectivity index (χ0v) is 8.86. The Kier molecular flexibility index (Phi) is 3.69. The van der Waals surface area contributed by atoms with Gasteiger partial charge in [0.2, 0.25) is 0 Å². The van der Waals surface area contributed by atoms with Gasteiger partial charge in [0, 0.05) is 9.79 Å². The number of hydrogen-bond donors (Lipinski definition) is 2. The summed E-state index contributed by atoms with van der Waals surface area (Å²) in [5.74, 6) is 0.0395. The second-order valence-corrected chi connectivity index (χ2v) is 4.24. The maximum atomic E-state index is 10.6. The highest BCUT2D eigenvalue weighted by Crippen LogP contribution is 2.23. The van der Waals surface area contributed by atoms with Crippen molar-refractivity contribution in [2.45, 2.75) is 16.7 Å². The third kappa shape index (κ3) is 2.67. The van der Waals surface area contributed by atoms with Gasteiger partial charge in [0.1, 0.15) is 0 Å². The van der Waals surface area contributed by atoms with Crippen molar-refractivity contribution in [3.63, 3.8) is 0 Å². The highest BCUT2D eigenvalue weighted by atomic mass is 32.2. The Morgan fingerprint density at radius 3 is 2.77 bits per heavy atom. The molecule has 0 heterocycles. The molecule has 0 bridgehead atoms. The summed E-state index contributed by atoms with van der Waals surface area (Å²) >= 11 is 5.77. The minimum absolute atomic E-state index is 0.254. The third-order valence-corrected chi connectivity index (χ3v) is 2.76. The molecule has 1 N–H and O–H groups in total. The van der Waals surface area contributed by atoms with Gasteiger partial charge in [0.05, 0.1) is 5.56 Å². The molecule has 0 aliphatic carbocycles. The molecule has 0 saturated carbocycles. The van der Waals surface area contributed by atoms with Crippen LogP contribution in [0.1, 0.15) is 17.3 Å². The van der Waals surface area contributed by atoms with Crippen LogP contribution in [-0.2, 0) is 0 Å². The highest BCUT2D eigenvalue weighted by molar-refractivity contribution is 7.99. The Bertz CT molecular complexity index is 323. The Balaban J connectivity index is 2.98. The van der Waals surface area contributed by atoms with Gasteiger partial charge in [-0.05, 0) is 24.0 Å². The number of thioether (sulfide) groups is 1. The van der Waals surface area contributed by atoms with E-state index in [1.807, 2.05) is 6.92 Å². The van der Waals surface area contributed by atoms with Gasteiger partial charge in [-0.2, -0.15) is 0 Å². The highest BCUT2D eigenvalue weighted by Gasteiger charge is 2.07. The molecule has 4 heteroatoms. The molecule has 0 saturated heterocycles. The first-order chi connectivity index (χ1) is 6.15. The molecule has 0 fully saturated rings. The van der Waals surface area contributed by atoms with Crippen LogP contribution in [0, 0.1) is 0 Å². The summed E-state index contributed by atoms with van der Waals surface area (Å²) < 4.78 is 0. The molecular formula is C9H10O2S2. The van der Waals surface area contributed by atoms with Crippen molar-refractivity contribution in [2.24, 2.45) is 0 Å². The van der Waals surface area contributed by atoms with Crippen LogP contribution >= 0.6 is 24.4 Å². The summed E-state index contributed by atoms with van der Waals surface area (Å²) in [6, 6.07) is 5.17. The van der Waals surface area contributed by atoms with Crippen molar-refractivity contribution in [1.29, 1.82) is 0 Å². The molecule has 0 aliphatic heterocycles. The van der Waals surface area contributed by atoms with Crippen LogP contribution in [0.2, 0.25) is 0 Å². The van der Waals surface area contributed by atoms with E-state index in [1.165, 1.54) is 0 Å². The average molecular weight is 214 g/mol. The molecular weight excluding hydrogens is 204 g/mol. The van der Waals surface area contributed by atoms with E-state index in [2.05, 4.69) is 12.6 Å². The molecule has 13 heavy (non-hydrogen) atoms. The smallest absolute Gasteiger partial charge is 0.336 e. The first kappa shape index (κ1) is 10.5. The zero-order valence-electron chi connectivity index (χ0n) is 7.15. The monoisotopic (exact) mass is 214 g/mol. The second kappa shape index (κ2) is 4.58. The lowest BCUT2D eigenvalue weighted by molar-refractivity contribution is 0.0693. The van der Waals surface area contributed by atoms with E-state index in [0.717, 1.165) is 10.6 Å². The van der Waals surface area contributed by atoms with E-state index in [9.17, 15) is 4.79 Å². The predicted octanol–water partition coefficient (Wildman–Crippen LogP) is 2.79. The molecule has 1 aromatic carbocycles. The van der Waals surface area contributed by atoms with Crippen LogP contribution < -0.4 is 0 Å². The molecule has 0 radical (unpaired) electrons. The average Bonchev–Trinajstić information content (AvgIpc) is 2.04. The summed E-state index contributed by atoms with van der Waals surface area (Å²) in [6.07, 6.45) is 0. The standard InChI is InChI=1S/C9H10O2S2/c1-2-13-6-3-4-7(9(10)11)8(12)5-6/h3-5,12H,2H2,1H3,(H,10,11). The molecule has 1 rings (SSSR count). The summed E-state index contributed by atoms with van der Waals surface area (Å²) in [7, 11) is 0. The normalized spacial score (nSPS) is 10.0. The van der Waals surface area contributed by atoms with E-state index in [-0.39, 0.29) is 5.56 Å². The van der Waals surface area contributed by atoms with E-state index in [0.29, 0.717) is 4.90 Å². The van der Waals surface area contributed by atoms with Gasteiger partial charge in [-0.15, -0.1) is 24.4 Å².